The summed E-state index contributed by atoms with van der Waals surface area (Å²) >= 11 is 4.63. The molecule has 0 unspecified atom stereocenters. The van der Waals surface area contributed by atoms with E-state index in [2.05, 4.69) is 28.2 Å². The monoisotopic (exact) mass is 308 g/mol. The summed E-state index contributed by atoms with van der Waals surface area (Å²) in [5.41, 5.74) is 7.53. The van der Waals surface area contributed by atoms with Gasteiger partial charge >= 0.3 is 0 Å². The molecule has 0 aliphatic heterocycles. The van der Waals surface area contributed by atoms with Crippen molar-refractivity contribution in [3.63, 3.8) is 0 Å². The van der Waals surface area contributed by atoms with Gasteiger partial charge in [-0.25, -0.2) is 9.97 Å². The molecule has 3 rings (SSSR count). The molecule has 0 saturated heterocycles. The van der Waals surface area contributed by atoms with Crippen LogP contribution in [-0.2, 0) is 0 Å². The summed E-state index contributed by atoms with van der Waals surface area (Å²) in [4.78, 5) is 9.07. The predicted molar refractivity (Wildman–Crippen MR) is 82.2 cm³/mol. The molecule has 2 N–H and O–H groups in total. The van der Waals surface area contributed by atoms with Crippen LogP contribution >= 0.6 is 34.6 Å². The van der Waals surface area contributed by atoms with Gasteiger partial charge < -0.3 is 5.73 Å². The molecule has 0 aliphatic rings. The Morgan fingerprint density at radius 3 is 2.79 bits per heavy atom. The number of aromatic nitrogens is 3. The van der Waals surface area contributed by atoms with Crippen LogP contribution in [0, 0.1) is 0 Å². The fourth-order valence-electron chi connectivity index (χ4n) is 1.53. The molecule has 19 heavy (non-hydrogen) atoms. The first-order valence-corrected chi connectivity index (χ1v) is 8.20. The number of rotatable bonds is 3. The van der Waals surface area contributed by atoms with Crippen LogP contribution in [0.2, 0.25) is 0 Å². The first-order valence-electron chi connectivity index (χ1n) is 5.79. The number of nitrogens with two attached hydrogens (primary N) is 1. The van der Waals surface area contributed by atoms with Crippen LogP contribution in [0.5, 0.6) is 0 Å². The largest absolute Gasteiger partial charge is 0.399 e. The van der Waals surface area contributed by atoms with E-state index >= 15 is 0 Å². The van der Waals surface area contributed by atoms with E-state index in [1.807, 2.05) is 18.2 Å². The molecule has 0 radical (unpaired) electrons. The van der Waals surface area contributed by atoms with Crippen LogP contribution in [0.15, 0.2) is 26.9 Å². The molecule has 0 aliphatic carbocycles. The zero-order valence-electron chi connectivity index (χ0n) is 10.5. The number of thiazole rings is 1. The van der Waals surface area contributed by atoms with Crippen LogP contribution in [-0.4, -0.2) is 14.3 Å². The Labute approximate surface area is 123 Å². The second-order valence-electron chi connectivity index (χ2n) is 4.38. The fraction of sp³-hybridized carbons (Fsp3) is 0.250. The second kappa shape index (κ2) is 5.07. The van der Waals surface area contributed by atoms with E-state index in [0.717, 1.165) is 30.4 Å². The third-order valence-electron chi connectivity index (χ3n) is 2.51. The maximum Gasteiger partial charge on any atom is 0.177 e. The average molecular weight is 308 g/mol. The molecule has 0 amide bonds. The number of fused-ring (bicyclic) bond motifs is 1. The molecule has 0 spiro atoms. The number of benzene rings is 1. The Kier molecular flexibility index (Phi) is 3.42. The van der Waals surface area contributed by atoms with Crippen molar-refractivity contribution in [3.05, 3.63) is 24.0 Å². The Hall–Kier alpha value is -1.18. The Balaban J connectivity index is 1.87. The van der Waals surface area contributed by atoms with Gasteiger partial charge in [0.1, 0.15) is 5.82 Å². The molecule has 0 saturated carbocycles. The lowest BCUT2D eigenvalue weighted by Gasteiger charge is -1.93. The van der Waals surface area contributed by atoms with Crippen molar-refractivity contribution in [2.45, 2.75) is 28.4 Å². The highest BCUT2D eigenvalue weighted by Gasteiger charge is 2.11. The molecule has 2 aromatic heterocycles. The number of hydrogen-bond donors (Lipinski definition) is 1. The highest BCUT2D eigenvalue weighted by atomic mass is 32.2. The van der Waals surface area contributed by atoms with Gasteiger partial charge in [-0.2, -0.15) is 4.37 Å². The Morgan fingerprint density at radius 2 is 2.05 bits per heavy atom. The highest BCUT2D eigenvalue weighted by molar-refractivity contribution is 8.02. The van der Waals surface area contributed by atoms with Gasteiger partial charge in [0.05, 0.1) is 10.2 Å². The van der Waals surface area contributed by atoms with E-state index in [1.54, 1.807) is 23.1 Å². The zero-order valence-corrected chi connectivity index (χ0v) is 12.9. The number of nitrogen functional groups attached to an aromatic ring is 1. The maximum absolute atomic E-state index is 5.77. The van der Waals surface area contributed by atoms with Gasteiger partial charge in [-0.1, -0.05) is 13.8 Å². The fourth-order valence-corrected chi connectivity index (χ4v) is 4.60. The van der Waals surface area contributed by atoms with Crippen molar-refractivity contribution in [2.75, 3.05) is 5.73 Å². The molecule has 2 heterocycles. The molecule has 1 aromatic carbocycles. The van der Waals surface area contributed by atoms with Crippen LogP contribution in [0.3, 0.4) is 0 Å². The predicted octanol–water partition coefficient (Wildman–Crippen LogP) is 4.00. The lowest BCUT2D eigenvalue weighted by molar-refractivity contribution is 0.789. The van der Waals surface area contributed by atoms with Crippen LogP contribution in [0.4, 0.5) is 5.69 Å². The van der Waals surface area contributed by atoms with Crippen molar-refractivity contribution in [3.8, 4) is 0 Å². The summed E-state index contributed by atoms with van der Waals surface area (Å²) in [5, 5.41) is 0. The van der Waals surface area contributed by atoms with Gasteiger partial charge in [-0.3, -0.25) is 0 Å². The minimum absolute atomic E-state index is 0.362. The summed E-state index contributed by atoms with van der Waals surface area (Å²) < 4.78 is 7.37. The molecule has 0 fully saturated rings. The zero-order chi connectivity index (χ0) is 13.4. The minimum atomic E-state index is 0.362. The number of nitrogens with zero attached hydrogens (tertiary/aromatic N) is 3. The van der Waals surface area contributed by atoms with Crippen molar-refractivity contribution in [1.82, 2.24) is 14.3 Å². The third kappa shape index (κ3) is 2.72. The summed E-state index contributed by atoms with van der Waals surface area (Å²) in [5.74, 6) is 1.26. The summed E-state index contributed by atoms with van der Waals surface area (Å²) in [6.07, 6.45) is 0. The van der Waals surface area contributed by atoms with Crippen LogP contribution in [0.1, 0.15) is 25.6 Å². The molecule has 7 heteroatoms. The quantitative estimate of drug-likeness (QED) is 0.741. The van der Waals surface area contributed by atoms with E-state index in [0.29, 0.717) is 5.92 Å². The standard InChI is InChI=1S/C12H12N4S3/c1-6(2)10-15-12(19-16-10)18-11-14-8-4-3-7(13)5-9(8)17-11/h3-6H,13H2,1-2H3. The molecule has 0 atom stereocenters. The summed E-state index contributed by atoms with van der Waals surface area (Å²) in [6, 6.07) is 5.78. The smallest absolute Gasteiger partial charge is 0.177 e. The van der Waals surface area contributed by atoms with Gasteiger partial charge in [0, 0.05) is 11.6 Å². The SMILES string of the molecule is CC(C)c1nsc(Sc2nc3ccc(N)cc3s2)n1. The summed E-state index contributed by atoms with van der Waals surface area (Å²) in [6.45, 7) is 4.19. The van der Waals surface area contributed by atoms with Gasteiger partial charge in [0.2, 0.25) is 0 Å². The van der Waals surface area contributed by atoms with Gasteiger partial charge in [-0.05, 0) is 41.5 Å². The Morgan fingerprint density at radius 1 is 1.21 bits per heavy atom. The minimum Gasteiger partial charge on any atom is -0.399 e. The molecule has 4 nitrogen and oxygen atoms in total. The van der Waals surface area contributed by atoms with Crippen molar-refractivity contribution >= 4 is 50.5 Å². The first kappa shape index (κ1) is 12.8. The Bertz CT molecular complexity index is 717. The summed E-state index contributed by atoms with van der Waals surface area (Å²) in [7, 11) is 0. The number of anilines is 1. The van der Waals surface area contributed by atoms with E-state index < -0.39 is 0 Å². The molecular weight excluding hydrogens is 296 g/mol. The highest BCUT2D eigenvalue weighted by Crippen LogP contribution is 2.36. The van der Waals surface area contributed by atoms with E-state index in [1.165, 1.54) is 11.5 Å². The van der Waals surface area contributed by atoms with Crippen LogP contribution in [0.25, 0.3) is 10.2 Å². The van der Waals surface area contributed by atoms with Gasteiger partial charge in [-0.15, -0.1) is 11.3 Å². The van der Waals surface area contributed by atoms with Gasteiger partial charge in [0.25, 0.3) is 0 Å². The van der Waals surface area contributed by atoms with Crippen molar-refractivity contribution < 1.29 is 0 Å². The maximum atomic E-state index is 5.77. The third-order valence-corrected chi connectivity index (χ3v) is 5.35. The second-order valence-corrected chi connectivity index (χ2v) is 7.66. The van der Waals surface area contributed by atoms with E-state index in [9.17, 15) is 0 Å². The van der Waals surface area contributed by atoms with Crippen molar-refractivity contribution in [2.24, 2.45) is 0 Å². The molecular formula is C12H12N4S3. The number of hydrogen-bond acceptors (Lipinski definition) is 7. The lowest BCUT2D eigenvalue weighted by atomic mass is 10.2. The average Bonchev–Trinajstić information content (AvgIpc) is 2.95. The van der Waals surface area contributed by atoms with Gasteiger partial charge in [0.15, 0.2) is 8.68 Å². The normalized spacial score (nSPS) is 11.5. The molecule has 3 aromatic rings. The topological polar surface area (TPSA) is 64.7 Å². The van der Waals surface area contributed by atoms with Crippen LogP contribution < -0.4 is 5.73 Å². The first-order chi connectivity index (χ1) is 9.11. The van der Waals surface area contributed by atoms with Crippen molar-refractivity contribution in [1.29, 1.82) is 0 Å². The van der Waals surface area contributed by atoms with E-state index in [-0.39, 0.29) is 0 Å². The lowest BCUT2D eigenvalue weighted by Crippen LogP contribution is -1.88. The van der Waals surface area contributed by atoms with E-state index in [4.69, 9.17) is 5.73 Å². The molecule has 0 bridgehead atoms. The molecule has 98 valence electrons.